The molecule has 7 heteroatoms. The second-order valence-corrected chi connectivity index (χ2v) is 9.80. The fourth-order valence-corrected chi connectivity index (χ4v) is 5.49. The van der Waals surface area contributed by atoms with E-state index in [0.29, 0.717) is 19.0 Å². The van der Waals surface area contributed by atoms with Crippen LogP contribution in [0.2, 0.25) is 0 Å². The first-order valence-corrected chi connectivity index (χ1v) is 11.8. The standard InChI is InChI=1S/C23H31N3O3S/c1-5-11-28-18-8-6-16(7-9-18)21-20-15(2)25-26(22(20)24-19(27)14-30-21)17-10-12-29-23(3,4)13-17/h6-9,17,21H,5,10-14H2,1-4H3,(H,24,27)/t17-,21+/m1/s1. The minimum atomic E-state index is -0.188. The number of rotatable bonds is 5. The third-order valence-corrected chi connectivity index (χ3v) is 6.98. The van der Waals surface area contributed by atoms with Gasteiger partial charge in [0.25, 0.3) is 0 Å². The number of carbonyl (C=O) groups excluding carboxylic acids is 1. The molecule has 1 aromatic heterocycles. The maximum Gasteiger partial charge on any atom is 0.235 e. The summed E-state index contributed by atoms with van der Waals surface area (Å²) in [6.45, 7) is 9.80. The predicted molar refractivity (Wildman–Crippen MR) is 120 cm³/mol. The van der Waals surface area contributed by atoms with Crippen LogP contribution in [0.3, 0.4) is 0 Å². The van der Waals surface area contributed by atoms with Crippen molar-refractivity contribution in [1.29, 1.82) is 0 Å². The summed E-state index contributed by atoms with van der Waals surface area (Å²) in [5, 5.41) is 8.11. The first-order chi connectivity index (χ1) is 14.4. The van der Waals surface area contributed by atoms with Crippen LogP contribution in [0.25, 0.3) is 0 Å². The van der Waals surface area contributed by atoms with E-state index in [-0.39, 0.29) is 22.8 Å². The number of ether oxygens (including phenoxy) is 2. The van der Waals surface area contributed by atoms with E-state index in [1.54, 1.807) is 11.8 Å². The van der Waals surface area contributed by atoms with E-state index in [1.807, 2.05) is 23.7 Å². The minimum absolute atomic E-state index is 0.0270. The second kappa shape index (κ2) is 8.63. The SMILES string of the molecule is CCCOc1ccc([C@@H]2SCC(=O)Nc3c2c(C)nn3[C@@H]2CCOC(C)(C)C2)cc1. The number of aryl methyl sites for hydroxylation is 1. The molecular formula is C23H31N3O3S. The van der Waals surface area contributed by atoms with Crippen LogP contribution in [-0.2, 0) is 9.53 Å². The van der Waals surface area contributed by atoms with Crippen LogP contribution in [0.1, 0.15) is 68.1 Å². The molecule has 0 aliphatic carbocycles. The van der Waals surface area contributed by atoms with Crippen molar-refractivity contribution in [2.45, 2.75) is 63.9 Å². The monoisotopic (exact) mass is 429 g/mol. The molecule has 2 aliphatic rings. The van der Waals surface area contributed by atoms with Gasteiger partial charge in [0.2, 0.25) is 5.91 Å². The van der Waals surface area contributed by atoms with E-state index in [1.165, 1.54) is 0 Å². The van der Waals surface area contributed by atoms with E-state index < -0.39 is 0 Å². The van der Waals surface area contributed by atoms with Gasteiger partial charge < -0.3 is 14.8 Å². The van der Waals surface area contributed by atoms with Gasteiger partial charge in [0.05, 0.1) is 34.9 Å². The van der Waals surface area contributed by atoms with Crippen molar-refractivity contribution in [2.24, 2.45) is 0 Å². The summed E-state index contributed by atoms with van der Waals surface area (Å²) in [4.78, 5) is 12.5. The predicted octanol–water partition coefficient (Wildman–Crippen LogP) is 4.89. The molecular weight excluding hydrogens is 398 g/mol. The summed E-state index contributed by atoms with van der Waals surface area (Å²) < 4.78 is 13.7. The molecule has 0 saturated carbocycles. The summed E-state index contributed by atoms with van der Waals surface area (Å²) in [6, 6.07) is 8.47. The summed E-state index contributed by atoms with van der Waals surface area (Å²) in [7, 11) is 0. The van der Waals surface area contributed by atoms with E-state index >= 15 is 0 Å². The Morgan fingerprint density at radius 2 is 2.10 bits per heavy atom. The highest BCUT2D eigenvalue weighted by atomic mass is 32.2. The van der Waals surface area contributed by atoms with Crippen LogP contribution in [-0.4, -0.2) is 40.3 Å². The van der Waals surface area contributed by atoms with Crippen molar-refractivity contribution >= 4 is 23.5 Å². The van der Waals surface area contributed by atoms with Crippen LogP contribution in [0, 0.1) is 6.92 Å². The van der Waals surface area contributed by atoms with Gasteiger partial charge in [-0.25, -0.2) is 4.68 Å². The van der Waals surface area contributed by atoms with E-state index in [9.17, 15) is 4.79 Å². The van der Waals surface area contributed by atoms with Gasteiger partial charge in [-0.15, -0.1) is 11.8 Å². The lowest BCUT2D eigenvalue weighted by Crippen LogP contribution is -2.36. The lowest BCUT2D eigenvalue weighted by molar-refractivity contribution is -0.113. The summed E-state index contributed by atoms with van der Waals surface area (Å²) >= 11 is 1.65. The number of hydrogen-bond acceptors (Lipinski definition) is 5. The molecule has 1 amide bonds. The number of fused-ring (bicyclic) bond motifs is 1. The summed E-state index contributed by atoms with van der Waals surface area (Å²) in [6.07, 6.45) is 2.75. The molecule has 6 nitrogen and oxygen atoms in total. The topological polar surface area (TPSA) is 65.4 Å². The normalized spacial score (nSPS) is 23.4. The number of nitrogens with zero attached hydrogens (tertiary/aromatic N) is 2. The third-order valence-electron chi connectivity index (χ3n) is 5.71. The Morgan fingerprint density at radius 1 is 1.33 bits per heavy atom. The van der Waals surface area contributed by atoms with Gasteiger partial charge in [-0.2, -0.15) is 5.10 Å². The zero-order valence-corrected chi connectivity index (χ0v) is 19.1. The maximum atomic E-state index is 12.5. The quantitative estimate of drug-likeness (QED) is 0.733. The molecule has 0 unspecified atom stereocenters. The van der Waals surface area contributed by atoms with Gasteiger partial charge in [-0.1, -0.05) is 19.1 Å². The Labute approximate surface area is 182 Å². The summed E-state index contributed by atoms with van der Waals surface area (Å²) in [5.74, 6) is 2.18. The van der Waals surface area contributed by atoms with Gasteiger partial charge in [-0.3, -0.25) is 4.79 Å². The highest BCUT2D eigenvalue weighted by Gasteiger charge is 2.36. The lowest BCUT2D eigenvalue weighted by Gasteiger charge is -2.36. The molecule has 30 heavy (non-hydrogen) atoms. The van der Waals surface area contributed by atoms with E-state index in [0.717, 1.165) is 47.7 Å². The highest BCUT2D eigenvalue weighted by molar-refractivity contribution is 8.00. The van der Waals surface area contributed by atoms with Crippen molar-refractivity contribution < 1.29 is 14.3 Å². The minimum Gasteiger partial charge on any atom is -0.494 e. The van der Waals surface area contributed by atoms with Gasteiger partial charge in [-0.05, 0) is 57.7 Å². The average molecular weight is 430 g/mol. The number of anilines is 1. The molecule has 2 aliphatic heterocycles. The number of nitrogens with one attached hydrogen (secondary N) is 1. The van der Waals surface area contributed by atoms with Gasteiger partial charge in [0.15, 0.2) is 0 Å². The highest BCUT2D eigenvalue weighted by Crippen LogP contribution is 2.45. The van der Waals surface area contributed by atoms with Crippen LogP contribution in [0.4, 0.5) is 5.82 Å². The Balaban J connectivity index is 1.69. The summed E-state index contributed by atoms with van der Waals surface area (Å²) in [5.41, 5.74) is 3.06. The fourth-order valence-electron chi connectivity index (χ4n) is 4.30. The molecule has 1 N–H and O–H groups in total. The molecule has 3 heterocycles. The zero-order chi connectivity index (χ0) is 21.3. The van der Waals surface area contributed by atoms with Crippen LogP contribution in [0.5, 0.6) is 5.75 Å². The van der Waals surface area contributed by atoms with Crippen molar-refractivity contribution in [2.75, 3.05) is 24.3 Å². The zero-order valence-electron chi connectivity index (χ0n) is 18.2. The first-order valence-electron chi connectivity index (χ1n) is 10.7. The second-order valence-electron chi connectivity index (χ2n) is 8.70. The van der Waals surface area contributed by atoms with E-state index in [4.69, 9.17) is 14.6 Å². The van der Waals surface area contributed by atoms with Crippen LogP contribution >= 0.6 is 11.8 Å². The Morgan fingerprint density at radius 3 is 2.80 bits per heavy atom. The number of carbonyl (C=O) groups is 1. The van der Waals surface area contributed by atoms with Crippen LogP contribution in [0.15, 0.2) is 24.3 Å². The maximum absolute atomic E-state index is 12.5. The Kier molecular flexibility index (Phi) is 6.11. The third kappa shape index (κ3) is 4.37. The van der Waals surface area contributed by atoms with Gasteiger partial charge in [0.1, 0.15) is 11.6 Å². The molecule has 0 radical (unpaired) electrons. The van der Waals surface area contributed by atoms with Gasteiger partial charge in [0, 0.05) is 12.2 Å². The number of benzene rings is 1. The van der Waals surface area contributed by atoms with Crippen molar-refractivity contribution in [1.82, 2.24) is 9.78 Å². The average Bonchev–Trinajstić information content (AvgIpc) is 2.91. The number of aromatic nitrogens is 2. The molecule has 4 rings (SSSR count). The number of amides is 1. The van der Waals surface area contributed by atoms with Crippen molar-refractivity contribution in [3.05, 3.63) is 41.1 Å². The Bertz CT molecular complexity index is 907. The molecule has 0 spiro atoms. The molecule has 2 atom stereocenters. The van der Waals surface area contributed by atoms with Crippen LogP contribution < -0.4 is 10.1 Å². The first kappa shape index (κ1) is 21.2. The molecule has 0 bridgehead atoms. The largest absolute Gasteiger partial charge is 0.494 e. The number of thioether (sulfide) groups is 1. The van der Waals surface area contributed by atoms with Gasteiger partial charge >= 0.3 is 0 Å². The van der Waals surface area contributed by atoms with Crippen molar-refractivity contribution in [3.63, 3.8) is 0 Å². The molecule has 1 fully saturated rings. The molecule has 2 aromatic rings. The lowest BCUT2D eigenvalue weighted by atomic mass is 9.94. The molecule has 1 aromatic carbocycles. The fraction of sp³-hybridized carbons (Fsp3) is 0.565. The molecule has 162 valence electrons. The Hall–Kier alpha value is -1.99. The van der Waals surface area contributed by atoms with Crippen molar-refractivity contribution in [3.8, 4) is 5.75 Å². The smallest absolute Gasteiger partial charge is 0.235 e. The van der Waals surface area contributed by atoms with E-state index in [2.05, 4.69) is 38.2 Å². The molecule has 1 saturated heterocycles. The number of hydrogen-bond donors (Lipinski definition) is 1.